The minimum atomic E-state index is -0.285. The molecule has 4 rings (SSSR count). The maximum absolute atomic E-state index is 13.0. The Bertz CT molecular complexity index is 1220. The molecule has 4 aromatic rings. The van der Waals surface area contributed by atoms with Crippen LogP contribution in [0.4, 0.5) is 10.8 Å². The molecule has 0 fully saturated rings. The molecular formula is C23H21N5O2S2. The van der Waals surface area contributed by atoms with E-state index < -0.39 is 0 Å². The van der Waals surface area contributed by atoms with Gasteiger partial charge in [0.05, 0.1) is 10.7 Å². The summed E-state index contributed by atoms with van der Waals surface area (Å²) >= 11 is 2.79. The van der Waals surface area contributed by atoms with Gasteiger partial charge in [0.2, 0.25) is 5.91 Å². The Hall–Kier alpha value is -3.56. The van der Waals surface area contributed by atoms with Crippen molar-refractivity contribution in [2.75, 3.05) is 17.6 Å². The van der Waals surface area contributed by atoms with Gasteiger partial charge < -0.3 is 16.0 Å². The van der Waals surface area contributed by atoms with E-state index in [1.54, 1.807) is 17.5 Å². The third-order valence-corrected chi connectivity index (χ3v) is 6.11. The van der Waals surface area contributed by atoms with Gasteiger partial charge in [-0.15, -0.1) is 22.7 Å². The van der Waals surface area contributed by atoms with Crippen molar-refractivity contribution in [1.82, 2.24) is 14.9 Å². The lowest BCUT2D eigenvalue weighted by molar-refractivity contribution is -0.117. The molecule has 2 heterocycles. The van der Waals surface area contributed by atoms with Crippen molar-refractivity contribution in [2.24, 2.45) is 0 Å². The third kappa shape index (κ3) is 5.37. The van der Waals surface area contributed by atoms with Crippen LogP contribution in [0.1, 0.15) is 21.1 Å². The van der Waals surface area contributed by atoms with E-state index in [0.29, 0.717) is 23.1 Å². The van der Waals surface area contributed by atoms with Crippen LogP contribution in [0, 0.1) is 6.92 Å². The average Bonchev–Trinajstić information content (AvgIpc) is 3.42. The van der Waals surface area contributed by atoms with Crippen molar-refractivity contribution in [2.45, 2.75) is 13.5 Å². The van der Waals surface area contributed by atoms with Crippen molar-refractivity contribution in [3.05, 3.63) is 81.6 Å². The normalized spacial score (nSPS) is 10.7. The van der Waals surface area contributed by atoms with Gasteiger partial charge in [0.15, 0.2) is 5.13 Å². The number of nitrogens with two attached hydrogens (primary N) is 1. The zero-order chi connectivity index (χ0) is 22.5. The first-order valence-electron chi connectivity index (χ1n) is 9.84. The van der Waals surface area contributed by atoms with E-state index in [9.17, 15) is 9.59 Å². The van der Waals surface area contributed by atoms with Gasteiger partial charge in [0.1, 0.15) is 12.2 Å². The SMILES string of the molecule is Cc1nc(C(=O)N(CC(=O)Nc2ccc(-c3csc(N)n3)cc2)Cc2ccccc2)cs1. The summed E-state index contributed by atoms with van der Waals surface area (Å²) in [5.41, 5.74) is 9.33. The van der Waals surface area contributed by atoms with Crippen molar-refractivity contribution in [3.8, 4) is 11.3 Å². The molecule has 3 N–H and O–H groups in total. The molecule has 2 amide bonds. The predicted octanol–water partition coefficient (Wildman–Crippen LogP) is 4.44. The fourth-order valence-corrected chi connectivity index (χ4v) is 4.30. The number of nitrogen functional groups attached to an aromatic ring is 1. The Morgan fingerprint density at radius 3 is 2.38 bits per heavy atom. The lowest BCUT2D eigenvalue weighted by Gasteiger charge is -2.21. The highest BCUT2D eigenvalue weighted by Crippen LogP contribution is 2.24. The number of nitrogens with one attached hydrogen (secondary N) is 1. The number of carbonyl (C=O) groups excluding carboxylic acids is 2. The lowest BCUT2D eigenvalue weighted by atomic mass is 10.1. The molecule has 32 heavy (non-hydrogen) atoms. The average molecular weight is 464 g/mol. The summed E-state index contributed by atoms with van der Waals surface area (Å²) in [6, 6.07) is 16.9. The van der Waals surface area contributed by atoms with E-state index in [4.69, 9.17) is 5.73 Å². The molecule has 0 spiro atoms. The number of rotatable bonds is 7. The molecule has 0 saturated heterocycles. The Labute approximate surface area is 193 Å². The second-order valence-electron chi connectivity index (χ2n) is 7.10. The standard InChI is InChI=1S/C23H21N5O2S2/c1-15-25-20(14-31-15)22(30)28(11-16-5-3-2-4-6-16)12-21(29)26-18-9-7-17(8-10-18)19-13-32-23(24)27-19/h2-10,13-14H,11-12H2,1H3,(H2,24,27)(H,26,29). The van der Waals surface area contributed by atoms with Crippen molar-refractivity contribution in [1.29, 1.82) is 0 Å². The first-order chi connectivity index (χ1) is 15.5. The molecule has 0 aliphatic carbocycles. The molecule has 7 nitrogen and oxygen atoms in total. The summed E-state index contributed by atoms with van der Waals surface area (Å²) in [6.45, 7) is 2.07. The predicted molar refractivity (Wildman–Crippen MR) is 129 cm³/mol. The summed E-state index contributed by atoms with van der Waals surface area (Å²) < 4.78 is 0. The smallest absolute Gasteiger partial charge is 0.274 e. The minimum Gasteiger partial charge on any atom is -0.375 e. The quantitative estimate of drug-likeness (QED) is 0.422. The first kappa shape index (κ1) is 21.7. The fourth-order valence-electron chi connectivity index (χ4n) is 3.15. The summed E-state index contributed by atoms with van der Waals surface area (Å²) in [5.74, 6) is -0.559. The number of aryl methyl sites for hydroxylation is 1. The number of thiazole rings is 2. The van der Waals surface area contributed by atoms with Crippen molar-refractivity contribution in [3.63, 3.8) is 0 Å². The molecule has 0 aliphatic heterocycles. The van der Waals surface area contributed by atoms with Gasteiger partial charge in [0, 0.05) is 28.6 Å². The molecular weight excluding hydrogens is 442 g/mol. The van der Waals surface area contributed by atoms with E-state index >= 15 is 0 Å². The monoisotopic (exact) mass is 463 g/mol. The maximum atomic E-state index is 13.0. The summed E-state index contributed by atoms with van der Waals surface area (Å²) in [5, 5.41) is 7.78. The van der Waals surface area contributed by atoms with Crippen LogP contribution in [0.3, 0.4) is 0 Å². The Balaban J connectivity index is 1.46. The molecule has 2 aromatic carbocycles. The van der Waals surface area contributed by atoms with Gasteiger partial charge in [-0.2, -0.15) is 0 Å². The Morgan fingerprint density at radius 1 is 1.00 bits per heavy atom. The topological polar surface area (TPSA) is 101 Å². The van der Waals surface area contributed by atoms with Crippen molar-refractivity contribution < 1.29 is 9.59 Å². The summed E-state index contributed by atoms with van der Waals surface area (Å²) in [6.07, 6.45) is 0. The number of hydrogen-bond acceptors (Lipinski definition) is 7. The van der Waals surface area contributed by atoms with Crippen LogP contribution in [-0.2, 0) is 11.3 Å². The highest BCUT2D eigenvalue weighted by Gasteiger charge is 2.21. The number of aromatic nitrogens is 2. The van der Waals surface area contributed by atoms with Gasteiger partial charge in [-0.25, -0.2) is 9.97 Å². The van der Waals surface area contributed by atoms with E-state index in [-0.39, 0.29) is 18.4 Å². The fraction of sp³-hybridized carbons (Fsp3) is 0.130. The van der Waals surface area contributed by atoms with Crippen LogP contribution in [0.5, 0.6) is 0 Å². The molecule has 0 aliphatic rings. The summed E-state index contributed by atoms with van der Waals surface area (Å²) in [4.78, 5) is 35.8. The molecule has 9 heteroatoms. The van der Waals surface area contributed by atoms with E-state index in [1.807, 2.05) is 54.8 Å². The van der Waals surface area contributed by atoms with E-state index in [2.05, 4.69) is 15.3 Å². The highest BCUT2D eigenvalue weighted by atomic mass is 32.1. The number of carbonyl (C=O) groups is 2. The molecule has 0 unspecified atom stereocenters. The number of benzene rings is 2. The van der Waals surface area contributed by atoms with E-state index in [1.165, 1.54) is 27.6 Å². The zero-order valence-corrected chi connectivity index (χ0v) is 19.0. The van der Waals surface area contributed by atoms with Crippen LogP contribution >= 0.6 is 22.7 Å². The minimum absolute atomic E-state index is 0.0886. The maximum Gasteiger partial charge on any atom is 0.274 e. The summed E-state index contributed by atoms with van der Waals surface area (Å²) in [7, 11) is 0. The second kappa shape index (κ2) is 9.71. The molecule has 0 radical (unpaired) electrons. The number of nitrogens with zero attached hydrogens (tertiary/aromatic N) is 3. The van der Waals surface area contributed by atoms with E-state index in [0.717, 1.165) is 21.8 Å². The van der Waals surface area contributed by atoms with Crippen LogP contribution in [0.15, 0.2) is 65.4 Å². The molecule has 2 aromatic heterocycles. The first-order valence-corrected chi connectivity index (χ1v) is 11.6. The molecule has 162 valence electrons. The highest BCUT2D eigenvalue weighted by molar-refractivity contribution is 7.13. The largest absolute Gasteiger partial charge is 0.375 e. The van der Waals surface area contributed by atoms with Gasteiger partial charge >= 0.3 is 0 Å². The molecule has 0 saturated carbocycles. The van der Waals surface area contributed by atoms with Crippen molar-refractivity contribution >= 4 is 45.3 Å². The lowest BCUT2D eigenvalue weighted by Crippen LogP contribution is -2.37. The van der Waals surface area contributed by atoms with Gasteiger partial charge in [0.25, 0.3) is 5.91 Å². The molecule has 0 bridgehead atoms. The number of anilines is 2. The van der Waals surface area contributed by atoms with Gasteiger partial charge in [-0.3, -0.25) is 9.59 Å². The Morgan fingerprint density at radius 2 is 1.75 bits per heavy atom. The van der Waals surface area contributed by atoms with Gasteiger partial charge in [-0.1, -0.05) is 42.5 Å². The number of amides is 2. The van der Waals surface area contributed by atoms with Crippen LogP contribution in [-0.4, -0.2) is 33.2 Å². The van der Waals surface area contributed by atoms with Crippen LogP contribution in [0.25, 0.3) is 11.3 Å². The third-order valence-electron chi connectivity index (χ3n) is 4.66. The Kier molecular flexibility index (Phi) is 6.58. The second-order valence-corrected chi connectivity index (χ2v) is 9.05. The van der Waals surface area contributed by atoms with Gasteiger partial charge in [-0.05, 0) is 24.6 Å². The molecule has 0 atom stereocenters. The van der Waals surface area contributed by atoms with Crippen LogP contribution in [0.2, 0.25) is 0 Å². The van der Waals surface area contributed by atoms with Crippen LogP contribution < -0.4 is 11.1 Å². The zero-order valence-electron chi connectivity index (χ0n) is 17.3. The number of hydrogen-bond donors (Lipinski definition) is 2.